The van der Waals surface area contributed by atoms with Crippen molar-refractivity contribution in [2.45, 2.75) is 6.92 Å². The van der Waals surface area contributed by atoms with Crippen molar-refractivity contribution in [2.75, 3.05) is 5.32 Å². The monoisotopic (exact) mass is 456 g/mol. The SMILES string of the molecule is Cc1cnc(Oc2ccc(Cl)c(-c3ccc(NC(=O)c4c(F)cccc4F)cc3)c2)s1. The van der Waals surface area contributed by atoms with Crippen LogP contribution in [0.5, 0.6) is 10.9 Å². The Kier molecular flexibility index (Phi) is 5.97. The van der Waals surface area contributed by atoms with Crippen molar-refractivity contribution in [1.29, 1.82) is 0 Å². The van der Waals surface area contributed by atoms with Crippen LogP contribution in [0.25, 0.3) is 11.1 Å². The van der Waals surface area contributed by atoms with Crippen molar-refractivity contribution < 1.29 is 18.3 Å². The molecule has 4 nitrogen and oxygen atoms in total. The maximum Gasteiger partial charge on any atom is 0.278 e. The predicted molar refractivity (Wildman–Crippen MR) is 118 cm³/mol. The highest BCUT2D eigenvalue weighted by Gasteiger charge is 2.17. The highest BCUT2D eigenvalue weighted by atomic mass is 35.5. The van der Waals surface area contributed by atoms with E-state index in [2.05, 4.69) is 10.3 Å². The Morgan fingerprint density at radius 3 is 2.42 bits per heavy atom. The summed E-state index contributed by atoms with van der Waals surface area (Å²) >= 11 is 7.79. The smallest absolute Gasteiger partial charge is 0.278 e. The molecule has 3 aromatic carbocycles. The van der Waals surface area contributed by atoms with Crippen LogP contribution in [-0.4, -0.2) is 10.9 Å². The molecule has 1 aromatic heterocycles. The number of aryl methyl sites for hydroxylation is 1. The van der Waals surface area contributed by atoms with Crippen molar-refractivity contribution in [2.24, 2.45) is 0 Å². The summed E-state index contributed by atoms with van der Waals surface area (Å²) in [6, 6.07) is 15.3. The van der Waals surface area contributed by atoms with Crippen LogP contribution < -0.4 is 10.1 Å². The Balaban J connectivity index is 1.54. The first-order chi connectivity index (χ1) is 14.9. The molecule has 0 fully saturated rings. The zero-order valence-electron chi connectivity index (χ0n) is 16.2. The third-order valence-electron chi connectivity index (χ3n) is 4.39. The minimum absolute atomic E-state index is 0.387. The molecule has 31 heavy (non-hydrogen) atoms. The molecule has 4 rings (SSSR count). The first-order valence-corrected chi connectivity index (χ1v) is 10.4. The number of nitrogens with zero attached hydrogens (tertiary/aromatic N) is 1. The Morgan fingerprint density at radius 2 is 1.77 bits per heavy atom. The fraction of sp³-hybridized carbons (Fsp3) is 0.0435. The summed E-state index contributed by atoms with van der Waals surface area (Å²) in [5.41, 5.74) is 1.27. The molecular weight excluding hydrogens is 442 g/mol. The van der Waals surface area contributed by atoms with Gasteiger partial charge in [0.05, 0.1) is 0 Å². The summed E-state index contributed by atoms with van der Waals surface area (Å²) in [7, 11) is 0. The van der Waals surface area contributed by atoms with Gasteiger partial charge in [0.1, 0.15) is 22.9 Å². The summed E-state index contributed by atoms with van der Waals surface area (Å²) < 4.78 is 33.4. The first-order valence-electron chi connectivity index (χ1n) is 9.16. The van der Waals surface area contributed by atoms with E-state index in [0.717, 1.165) is 28.1 Å². The van der Waals surface area contributed by atoms with E-state index in [-0.39, 0.29) is 0 Å². The van der Waals surface area contributed by atoms with E-state index in [0.29, 0.717) is 21.7 Å². The molecule has 1 amide bonds. The Bertz CT molecular complexity index is 1240. The predicted octanol–water partition coefficient (Wildman–Crippen LogP) is 7.09. The number of hydrogen-bond donors (Lipinski definition) is 1. The molecule has 0 saturated heterocycles. The number of thiazole rings is 1. The van der Waals surface area contributed by atoms with Crippen LogP contribution in [0, 0.1) is 18.6 Å². The average Bonchev–Trinajstić information content (AvgIpc) is 3.14. The van der Waals surface area contributed by atoms with Crippen molar-refractivity contribution >= 4 is 34.5 Å². The van der Waals surface area contributed by atoms with E-state index in [4.69, 9.17) is 16.3 Å². The molecule has 0 unspecified atom stereocenters. The number of aromatic nitrogens is 1. The molecule has 8 heteroatoms. The summed E-state index contributed by atoms with van der Waals surface area (Å²) in [5.74, 6) is -2.13. The lowest BCUT2D eigenvalue weighted by atomic mass is 10.0. The molecule has 156 valence electrons. The minimum Gasteiger partial charge on any atom is -0.431 e. The number of amides is 1. The van der Waals surface area contributed by atoms with E-state index < -0.39 is 23.1 Å². The Hall–Kier alpha value is -3.29. The fourth-order valence-electron chi connectivity index (χ4n) is 2.91. The van der Waals surface area contributed by atoms with Gasteiger partial charge in [0.25, 0.3) is 11.1 Å². The standard InChI is InChI=1S/C23H15ClF2N2O2S/c1-13-12-27-23(31-13)30-16-9-10-18(24)17(11-16)14-5-7-15(8-6-14)28-22(29)21-19(25)3-2-4-20(21)26/h2-12H,1H3,(H,28,29). The van der Waals surface area contributed by atoms with Gasteiger partial charge in [-0.1, -0.05) is 41.1 Å². The van der Waals surface area contributed by atoms with Gasteiger partial charge in [0, 0.05) is 27.3 Å². The highest BCUT2D eigenvalue weighted by Crippen LogP contribution is 2.34. The molecule has 0 bridgehead atoms. The molecule has 0 aliphatic heterocycles. The van der Waals surface area contributed by atoms with E-state index in [9.17, 15) is 13.6 Å². The maximum atomic E-state index is 13.8. The van der Waals surface area contributed by atoms with Gasteiger partial charge in [-0.25, -0.2) is 13.8 Å². The molecular formula is C23H15ClF2N2O2S. The van der Waals surface area contributed by atoms with Gasteiger partial charge in [-0.2, -0.15) is 0 Å². The Morgan fingerprint density at radius 1 is 1.06 bits per heavy atom. The number of rotatable bonds is 5. The third-order valence-corrected chi connectivity index (χ3v) is 5.51. The molecule has 0 aliphatic carbocycles. The summed E-state index contributed by atoms with van der Waals surface area (Å²) in [5, 5.41) is 3.55. The van der Waals surface area contributed by atoms with Gasteiger partial charge < -0.3 is 10.1 Å². The average molecular weight is 457 g/mol. The number of benzene rings is 3. The van der Waals surface area contributed by atoms with Gasteiger partial charge in [-0.15, -0.1) is 0 Å². The third kappa shape index (κ3) is 4.73. The largest absolute Gasteiger partial charge is 0.431 e. The van der Waals surface area contributed by atoms with Crippen LogP contribution in [0.4, 0.5) is 14.5 Å². The summed E-state index contributed by atoms with van der Waals surface area (Å²) in [6.07, 6.45) is 1.73. The number of halogens is 3. The van der Waals surface area contributed by atoms with Crippen LogP contribution in [0.2, 0.25) is 5.02 Å². The van der Waals surface area contributed by atoms with Gasteiger partial charge in [0.15, 0.2) is 0 Å². The topological polar surface area (TPSA) is 51.2 Å². The van der Waals surface area contributed by atoms with Gasteiger partial charge >= 0.3 is 0 Å². The number of anilines is 1. The number of carbonyl (C=O) groups is 1. The van der Waals surface area contributed by atoms with E-state index in [1.165, 1.54) is 17.4 Å². The van der Waals surface area contributed by atoms with E-state index >= 15 is 0 Å². The highest BCUT2D eigenvalue weighted by molar-refractivity contribution is 7.13. The number of ether oxygens (including phenoxy) is 1. The number of hydrogen-bond acceptors (Lipinski definition) is 4. The molecule has 0 radical (unpaired) electrons. The van der Waals surface area contributed by atoms with Gasteiger partial charge in [-0.05, 0) is 55.0 Å². The molecule has 0 spiro atoms. The number of carbonyl (C=O) groups excluding carboxylic acids is 1. The van der Waals surface area contributed by atoms with Gasteiger partial charge in [-0.3, -0.25) is 4.79 Å². The van der Waals surface area contributed by atoms with Crippen LogP contribution in [0.1, 0.15) is 15.2 Å². The van der Waals surface area contributed by atoms with Gasteiger partial charge in [0.2, 0.25) is 0 Å². The normalized spacial score (nSPS) is 10.7. The van der Waals surface area contributed by atoms with E-state index in [1.807, 2.05) is 6.92 Å². The zero-order valence-corrected chi connectivity index (χ0v) is 17.7. The zero-order chi connectivity index (χ0) is 22.0. The van der Waals surface area contributed by atoms with Crippen molar-refractivity contribution in [3.05, 3.63) is 94.0 Å². The van der Waals surface area contributed by atoms with Crippen molar-refractivity contribution in [1.82, 2.24) is 4.98 Å². The van der Waals surface area contributed by atoms with E-state index in [1.54, 1.807) is 48.7 Å². The molecule has 0 atom stereocenters. The molecule has 4 aromatic rings. The lowest BCUT2D eigenvalue weighted by Crippen LogP contribution is -2.15. The molecule has 1 heterocycles. The Labute approximate surface area is 186 Å². The molecule has 0 saturated carbocycles. The first kappa shape index (κ1) is 21.0. The lowest BCUT2D eigenvalue weighted by Gasteiger charge is -2.10. The maximum absolute atomic E-state index is 13.8. The summed E-state index contributed by atoms with van der Waals surface area (Å²) in [4.78, 5) is 17.5. The van der Waals surface area contributed by atoms with Crippen LogP contribution in [0.3, 0.4) is 0 Å². The van der Waals surface area contributed by atoms with Crippen molar-refractivity contribution in [3.63, 3.8) is 0 Å². The van der Waals surface area contributed by atoms with Crippen LogP contribution in [0.15, 0.2) is 66.9 Å². The second kappa shape index (κ2) is 8.83. The van der Waals surface area contributed by atoms with Crippen molar-refractivity contribution in [3.8, 4) is 22.1 Å². The summed E-state index contributed by atoms with van der Waals surface area (Å²) in [6.45, 7) is 1.94. The molecule has 0 aliphatic rings. The molecule has 1 N–H and O–H groups in total. The number of nitrogens with one attached hydrogen (secondary N) is 1. The lowest BCUT2D eigenvalue weighted by molar-refractivity contribution is 0.101. The van der Waals surface area contributed by atoms with Crippen LogP contribution >= 0.6 is 22.9 Å². The second-order valence-electron chi connectivity index (χ2n) is 6.61. The minimum atomic E-state index is -0.923. The van der Waals surface area contributed by atoms with Crippen LogP contribution in [-0.2, 0) is 0 Å². The second-order valence-corrected chi connectivity index (χ2v) is 8.21. The fourth-order valence-corrected chi connectivity index (χ4v) is 3.76. The quantitative estimate of drug-likeness (QED) is 0.348.